The second kappa shape index (κ2) is 10.9. The molecular weight excluding hydrogens is 414 g/mol. The number of aliphatic hydroxyl groups is 1. The van der Waals surface area contributed by atoms with E-state index in [1.165, 1.54) is 6.42 Å². The van der Waals surface area contributed by atoms with Crippen LogP contribution in [0.1, 0.15) is 51.4 Å². The van der Waals surface area contributed by atoms with Crippen molar-refractivity contribution in [2.45, 2.75) is 69.6 Å². The van der Waals surface area contributed by atoms with Gasteiger partial charge in [-0.25, -0.2) is 4.79 Å². The topological polar surface area (TPSA) is 118 Å². The Kier molecular flexibility index (Phi) is 7.70. The molecule has 1 saturated heterocycles. The number of nitrogens with one attached hydrogen (secondary N) is 3. The van der Waals surface area contributed by atoms with Crippen molar-refractivity contribution in [1.29, 1.82) is 0 Å². The van der Waals surface area contributed by atoms with Crippen LogP contribution in [-0.2, 0) is 9.53 Å². The molecule has 176 valence electrons. The van der Waals surface area contributed by atoms with Crippen LogP contribution in [0, 0.1) is 5.92 Å². The third kappa shape index (κ3) is 5.83. The van der Waals surface area contributed by atoms with Crippen molar-refractivity contribution < 1.29 is 28.9 Å². The first-order chi connectivity index (χ1) is 15.6. The molecule has 3 atom stereocenters. The predicted molar refractivity (Wildman–Crippen MR) is 118 cm³/mol. The Bertz CT molecular complexity index is 798. The molecule has 1 saturated carbocycles. The predicted octanol–water partition coefficient (Wildman–Crippen LogP) is 2.53. The van der Waals surface area contributed by atoms with Gasteiger partial charge in [-0.2, -0.15) is 0 Å². The first kappa shape index (κ1) is 22.7. The number of hydrogen-bond donors (Lipinski definition) is 4. The standard InChI is InChI=1S/C23H33N3O6/c27-13-21-18(26-23(29)25-16-6-9-19-20(12-16)31-14-30-19)8-7-17(32-21)10-11-24-22(28)15-4-2-1-3-5-15/h6,9,12,15,17-18,21,27H,1-5,7-8,10-11,13-14H2,(H,24,28)(H2,25,26,29)/t17-,18-,21+/m1/s1. The van der Waals surface area contributed by atoms with Gasteiger partial charge in [0.1, 0.15) is 6.10 Å². The molecule has 4 rings (SSSR count). The molecule has 2 fully saturated rings. The number of fused-ring (bicyclic) bond motifs is 1. The van der Waals surface area contributed by atoms with Gasteiger partial charge in [-0.05, 0) is 44.2 Å². The number of hydrogen-bond acceptors (Lipinski definition) is 6. The van der Waals surface area contributed by atoms with Crippen molar-refractivity contribution in [2.24, 2.45) is 5.92 Å². The van der Waals surface area contributed by atoms with Crippen LogP contribution in [0.25, 0.3) is 0 Å². The molecular formula is C23H33N3O6. The maximum Gasteiger partial charge on any atom is 0.319 e. The zero-order chi connectivity index (χ0) is 22.3. The van der Waals surface area contributed by atoms with E-state index in [2.05, 4.69) is 16.0 Å². The highest BCUT2D eigenvalue weighted by molar-refractivity contribution is 5.90. The molecule has 0 aromatic heterocycles. The molecule has 2 heterocycles. The van der Waals surface area contributed by atoms with Crippen molar-refractivity contribution in [3.63, 3.8) is 0 Å². The Morgan fingerprint density at radius 3 is 2.66 bits per heavy atom. The van der Waals surface area contributed by atoms with Crippen molar-refractivity contribution in [3.05, 3.63) is 18.2 Å². The molecule has 1 aliphatic carbocycles. The summed E-state index contributed by atoms with van der Waals surface area (Å²) in [7, 11) is 0. The molecule has 0 unspecified atom stereocenters. The lowest BCUT2D eigenvalue weighted by Gasteiger charge is -2.36. The fourth-order valence-corrected chi connectivity index (χ4v) is 4.68. The fraction of sp³-hybridized carbons (Fsp3) is 0.652. The van der Waals surface area contributed by atoms with E-state index in [4.69, 9.17) is 14.2 Å². The smallest absolute Gasteiger partial charge is 0.319 e. The van der Waals surface area contributed by atoms with Crippen LogP contribution in [0.15, 0.2) is 18.2 Å². The third-order valence-electron chi connectivity index (χ3n) is 6.48. The summed E-state index contributed by atoms with van der Waals surface area (Å²) in [6.45, 7) is 0.564. The van der Waals surface area contributed by atoms with E-state index in [0.29, 0.717) is 36.6 Å². The fourth-order valence-electron chi connectivity index (χ4n) is 4.68. The molecule has 32 heavy (non-hydrogen) atoms. The van der Waals surface area contributed by atoms with Crippen molar-refractivity contribution >= 4 is 17.6 Å². The second-order valence-electron chi connectivity index (χ2n) is 8.74. The Morgan fingerprint density at radius 2 is 1.84 bits per heavy atom. The summed E-state index contributed by atoms with van der Waals surface area (Å²) in [5, 5.41) is 18.5. The van der Waals surface area contributed by atoms with Crippen LogP contribution in [-0.4, -0.2) is 55.2 Å². The first-order valence-electron chi connectivity index (χ1n) is 11.6. The van der Waals surface area contributed by atoms with Gasteiger partial charge in [0.15, 0.2) is 11.5 Å². The average Bonchev–Trinajstić information content (AvgIpc) is 3.28. The minimum Gasteiger partial charge on any atom is -0.454 e. The number of ether oxygens (including phenoxy) is 3. The van der Waals surface area contributed by atoms with E-state index < -0.39 is 6.10 Å². The Balaban J connectivity index is 1.19. The zero-order valence-electron chi connectivity index (χ0n) is 18.3. The number of anilines is 1. The minimum atomic E-state index is -0.481. The van der Waals surface area contributed by atoms with Gasteiger partial charge in [-0.3, -0.25) is 4.79 Å². The minimum absolute atomic E-state index is 0.0474. The second-order valence-corrected chi connectivity index (χ2v) is 8.74. The van der Waals surface area contributed by atoms with E-state index in [1.807, 2.05) is 0 Å². The summed E-state index contributed by atoms with van der Waals surface area (Å²) >= 11 is 0. The lowest BCUT2D eigenvalue weighted by Crippen LogP contribution is -2.52. The number of aliphatic hydroxyl groups excluding tert-OH is 1. The van der Waals surface area contributed by atoms with Crippen LogP contribution in [0.3, 0.4) is 0 Å². The summed E-state index contributed by atoms with van der Waals surface area (Å²) in [6.07, 6.45) is 7.10. The Labute approximate surface area is 188 Å². The van der Waals surface area contributed by atoms with Gasteiger partial charge in [0.2, 0.25) is 12.7 Å². The van der Waals surface area contributed by atoms with Crippen molar-refractivity contribution in [3.8, 4) is 11.5 Å². The van der Waals surface area contributed by atoms with Crippen LogP contribution in [0.2, 0.25) is 0 Å². The molecule has 1 aromatic rings. The van der Waals surface area contributed by atoms with Crippen LogP contribution in [0.4, 0.5) is 10.5 Å². The summed E-state index contributed by atoms with van der Waals surface area (Å²) < 4.78 is 16.6. The van der Waals surface area contributed by atoms with Crippen LogP contribution in [0.5, 0.6) is 11.5 Å². The van der Waals surface area contributed by atoms with Crippen molar-refractivity contribution in [2.75, 3.05) is 25.3 Å². The van der Waals surface area contributed by atoms with E-state index in [-0.39, 0.29) is 43.4 Å². The van der Waals surface area contributed by atoms with Gasteiger partial charge in [-0.15, -0.1) is 0 Å². The third-order valence-corrected chi connectivity index (χ3v) is 6.48. The highest BCUT2D eigenvalue weighted by Crippen LogP contribution is 2.34. The number of urea groups is 1. The zero-order valence-corrected chi connectivity index (χ0v) is 18.3. The SMILES string of the molecule is O=C(Nc1ccc2c(c1)OCO2)N[C@@H]1CC[C@H](CCNC(=O)C2CCCCC2)O[C@H]1CO. The van der Waals surface area contributed by atoms with Gasteiger partial charge in [0.25, 0.3) is 0 Å². The van der Waals surface area contributed by atoms with Gasteiger partial charge in [0.05, 0.1) is 18.8 Å². The van der Waals surface area contributed by atoms with E-state index >= 15 is 0 Å². The summed E-state index contributed by atoms with van der Waals surface area (Å²) in [6, 6.07) is 4.54. The van der Waals surface area contributed by atoms with Crippen LogP contribution < -0.4 is 25.4 Å². The maximum absolute atomic E-state index is 12.4. The lowest BCUT2D eigenvalue weighted by atomic mass is 9.88. The summed E-state index contributed by atoms with van der Waals surface area (Å²) in [4.78, 5) is 24.7. The normalized spacial score (nSPS) is 25.2. The summed E-state index contributed by atoms with van der Waals surface area (Å²) in [5.41, 5.74) is 0.593. The Morgan fingerprint density at radius 1 is 1.03 bits per heavy atom. The van der Waals surface area contributed by atoms with Gasteiger partial charge >= 0.3 is 6.03 Å². The van der Waals surface area contributed by atoms with E-state index in [1.54, 1.807) is 18.2 Å². The summed E-state index contributed by atoms with van der Waals surface area (Å²) in [5.74, 6) is 1.55. The van der Waals surface area contributed by atoms with Gasteiger partial charge in [0, 0.05) is 24.2 Å². The number of benzene rings is 1. The number of rotatable bonds is 7. The molecule has 0 spiro atoms. The molecule has 3 aliphatic rings. The molecule has 3 amide bonds. The lowest BCUT2D eigenvalue weighted by molar-refractivity contribution is -0.126. The first-order valence-corrected chi connectivity index (χ1v) is 11.6. The Hall–Kier alpha value is -2.52. The maximum atomic E-state index is 12.4. The number of carbonyl (C=O) groups excluding carboxylic acids is 2. The molecule has 9 nitrogen and oxygen atoms in total. The van der Waals surface area contributed by atoms with Crippen LogP contribution >= 0.6 is 0 Å². The monoisotopic (exact) mass is 447 g/mol. The molecule has 2 aliphatic heterocycles. The molecule has 0 bridgehead atoms. The van der Waals surface area contributed by atoms with Crippen molar-refractivity contribution in [1.82, 2.24) is 10.6 Å². The largest absolute Gasteiger partial charge is 0.454 e. The quantitative estimate of drug-likeness (QED) is 0.510. The highest BCUT2D eigenvalue weighted by Gasteiger charge is 2.32. The number of amides is 3. The number of carbonyl (C=O) groups is 2. The van der Waals surface area contributed by atoms with Gasteiger partial charge < -0.3 is 35.3 Å². The molecule has 0 radical (unpaired) electrons. The molecule has 4 N–H and O–H groups in total. The van der Waals surface area contributed by atoms with E-state index in [9.17, 15) is 14.7 Å². The average molecular weight is 448 g/mol. The molecule has 9 heteroatoms. The van der Waals surface area contributed by atoms with Gasteiger partial charge in [-0.1, -0.05) is 19.3 Å². The molecule has 1 aromatic carbocycles. The van der Waals surface area contributed by atoms with E-state index in [0.717, 1.165) is 32.1 Å². The highest BCUT2D eigenvalue weighted by atomic mass is 16.7.